The van der Waals surface area contributed by atoms with Crippen molar-refractivity contribution in [3.8, 4) is 0 Å². The van der Waals surface area contributed by atoms with Crippen LogP contribution in [0.15, 0.2) is 54.6 Å². The van der Waals surface area contributed by atoms with Gasteiger partial charge in [-0.25, -0.2) is 0 Å². The standard InChI is InChI=1S/C29H36N4O4/c1-19(2)17-24(31(5)27(35)21-11-13-22(14-12-21)30(3)4)29(37)32-16-15-23-26(32)25(34)18-33(23)28(36)20-9-7-6-8-10-20/h6-14,19,23-24,26H,15-18H2,1-5H3/t23?,24-,26?/m0/s1. The quantitative estimate of drug-likeness (QED) is 0.579. The first kappa shape index (κ1) is 26.4. The Morgan fingerprint density at radius 3 is 2.16 bits per heavy atom. The van der Waals surface area contributed by atoms with Crippen molar-refractivity contribution >= 4 is 29.2 Å². The highest BCUT2D eigenvalue weighted by Gasteiger charge is 2.52. The number of carbonyl (C=O) groups excluding carboxylic acids is 4. The molecular formula is C29H36N4O4. The Balaban J connectivity index is 1.54. The van der Waals surface area contributed by atoms with Crippen molar-refractivity contribution in [2.75, 3.05) is 39.1 Å². The number of ketones is 1. The van der Waals surface area contributed by atoms with Gasteiger partial charge in [0, 0.05) is 44.5 Å². The lowest BCUT2D eigenvalue weighted by molar-refractivity contribution is -0.140. The van der Waals surface area contributed by atoms with Gasteiger partial charge in [0.05, 0.1) is 12.6 Å². The first-order valence-corrected chi connectivity index (χ1v) is 12.8. The van der Waals surface area contributed by atoms with Crippen LogP contribution in [0.5, 0.6) is 0 Å². The highest BCUT2D eigenvalue weighted by atomic mass is 16.2. The van der Waals surface area contributed by atoms with E-state index in [1.807, 2.05) is 51.0 Å². The van der Waals surface area contributed by atoms with Gasteiger partial charge in [0.1, 0.15) is 12.1 Å². The molecule has 0 spiro atoms. The van der Waals surface area contributed by atoms with Gasteiger partial charge in [-0.2, -0.15) is 0 Å². The van der Waals surface area contributed by atoms with Gasteiger partial charge in [-0.1, -0.05) is 32.0 Å². The molecule has 3 atom stereocenters. The molecule has 4 rings (SSSR count). The maximum atomic E-state index is 13.9. The Labute approximate surface area is 218 Å². The van der Waals surface area contributed by atoms with Gasteiger partial charge in [0.25, 0.3) is 11.8 Å². The lowest BCUT2D eigenvalue weighted by Gasteiger charge is -2.34. The van der Waals surface area contributed by atoms with Crippen LogP contribution in [0.2, 0.25) is 0 Å². The summed E-state index contributed by atoms with van der Waals surface area (Å²) < 4.78 is 0. The number of hydrogen-bond donors (Lipinski definition) is 0. The lowest BCUT2D eigenvalue weighted by Crippen LogP contribution is -2.53. The molecule has 37 heavy (non-hydrogen) atoms. The molecule has 2 aliphatic rings. The van der Waals surface area contributed by atoms with Crippen LogP contribution in [-0.4, -0.2) is 90.6 Å². The van der Waals surface area contributed by atoms with Crippen LogP contribution in [0, 0.1) is 5.92 Å². The minimum Gasteiger partial charge on any atom is -0.378 e. The Kier molecular flexibility index (Phi) is 7.66. The van der Waals surface area contributed by atoms with Gasteiger partial charge in [0.2, 0.25) is 5.91 Å². The van der Waals surface area contributed by atoms with Crippen LogP contribution in [0.1, 0.15) is 47.4 Å². The fourth-order valence-electron chi connectivity index (χ4n) is 5.40. The molecule has 0 aliphatic carbocycles. The predicted octanol–water partition coefficient (Wildman–Crippen LogP) is 2.93. The van der Waals surface area contributed by atoms with Crippen LogP contribution in [-0.2, 0) is 9.59 Å². The largest absolute Gasteiger partial charge is 0.378 e. The van der Waals surface area contributed by atoms with E-state index in [1.165, 1.54) is 4.90 Å². The first-order chi connectivity index (χ1) is 17.6. The van der Waals surface area contributed by atoms with Gasteiger partial charge < -0.3 is 19.6 Å². The molecule has 2 unspecified atom stereocenters. The Hall–Kier alpha value is -3.68. The van der Waals surface area contributed by atoms with Gasteiger partial charge >= 0.3 is 0 Å². The third kappa shape index (κ3) is 5.24. The average Bonchev–Trinajstić information content (AvgIpc) is 3.47. The summed E-state index contributed by atoms with van der Waals surface area (Å²) >= 11 is 0. The maximum absolute atomic E-state index is 13.9. The molecule has 8 heteroatoms. The number of hydrogen-bond acceptors (Lipinski definition) is 5. The SMILES string of the molecule is CC(C)C[C@@H](C(=O)N1CCC2C1C(=O)CN2C(=O)c1ccccc1)N(C)C(=O)c1ccc(N(C)C)cc1. The van der Waals surface area contributed by atoms with Crippen molar-refractivity contribution in [1.82, 2.24) is 14.7 Å². The van der Waals surface area contributed by atoms with E-state index in [1.54, 1.807) is 53.2 Å². The average molecular weight is 505 g/mol. The fourth-order valence-corrected chi connectivity index (χ4v) is 5.40. The zero-order chi connectivity index (χ0) is 26.9. The Bertz CT molecular complexity index is 1160. The number of benzene rings is 2. The Morgan fingerprint density at radius 1 is 0.919 bits per heavy atom. The van der Waals surface area contributed by atoms with Gasteiger partial charge in [-0.3, -0.25) is 19.2 Å². The van der Waals surface area contributed by atoms with E-state index in [2.05, 4.69) is 0 Å². The summed E-state index contributed by atoms with van der Waals surface area (Å²) in [5, 5.41) is 0. The van der Waals surface area contributed by atoms with Gasteiger partial charge in [-0.15, -0.1) is 0 Å². The van der Waals surface area contributed by atoms with Crippen LogP contribution in [0.25, 0.3) is 0 Å². The van der Waals surface area contributed by atoms with E-state index < -0.39 is 12.1 Å². The molecule has 8 nitrogen and oxygen atoms in total. The molecule has 196 valence electrons. The minimum atomic E-state index is -0.702. The predicted molar refractivity (Wildman–Crippen MR) is 142 cm³/mol. The van der Waals surface area contributed by atoms with Crippen molar-refractivity contribution in [3.63, 3.8) is 0 Å². The molecule has 0 bridgehead atoms. The van der Waals surface area contributed by atoms with Crippen LogP contribution in [0.3, 0.4) is 0 Å². The number of carbonyl (C=O) groups is 4. The maximum Gasteiger partial charge on any atom is 0.254 e. The summed E-state index contributed by atoms with van der Waals surface area (Å²) in [6, 6.07) is 14.5. The second-order valence-corrected chi connectivity index (χ2v) is 10.6. The van der Waals surface area contributed by atoms with Gasteiger partial charge in [-0.05, 0) is 55.2 Å². The molecule has 0 N–H and O–H groups in total. The van der Waals surface area contributed by atoms with Gasteiger partial charge in [0.15, 0.2) is 5.78 Å². The summed E-state index contributed by atoms with van der Waals surface area (Å²) in [6.45, 7) is 4.40. The third-order valence-electron chi connectivity index (χ3n) is 7.39. The summed E-state index contributed by atoms with van der Waals surface area (Å²) in [7, 11) is 5.52. The van der Waals surface area contributed by atoms with E-state index in [9.17, 15) is 19.2 Å². The molecule has 2 saturated heterocycles. The van der Waals surface area contributed by atoms with Crippen LogP contribution in [0.4, 0.5) is 5.69 Å². The molecule has 2 aromatic rings. The summed E-state index contributed by atoms with van der Waals surface area (Å²) in [6.07, 6.45) is 1.02. The van der Waals surface area contributed by atoms with E-state index >= 15 is 0 Å². The van der Waals surface area contributed by atoms with Crippen molar-refractivity contribution in [3.05, 3.63) is 65.7 Å². The Morgan fingerprint density at radius 2 is 1.57 bits per heavy atom. The van der Waals surface area contributed by atoms with E-state index in [4.69, 9.17) is 0 Å². The van der Waals surface area contributed by atoms with Crippen molar-refractivity contribution in [2.45, 2.75) is 44.8 Å². The molecule has 3 amide bonds. The topological polar surface area (TPSA) is 81.2 Å². The minimum absolute atomic E-state index is 0.00528. The molecule has 0 radical (unpaired) electrons. The molecular weight excluding hydrogens is 468 g/mol. The van der Waals surface area contributed by atoms with Crippen LogP contribution < -0.4 is 4.90 Å². The lowest BCUT2D eigenvalue weighted by atomic mass is 9.99. The molecule has 2 aromatic carbocycles. The summed E-state index contributed by atoms with van der Waals surface area (Å²) in [4.78, 5) is 60.2. The second-order valence-electron chi connectivity index (χ2n) is 10.6. The normalized spacial score (nSPS) is 19.7. The molecule has 2 heterocycles. The fraction of sp³-hybridized carbons (Fsp3) is 0.448. The summed E-state index contributed by atoms with van der Waals surface area (Å²) in [5.41, 5.74) is 2.01. The number of anilines is 1. The molecule has 2 aliphatic heterocycles. The highest BCUT2D eigenvalue weighted by molar-refractivity contribution is 6.03. The second kappa shape index (κ2) is 10.7. The number of rotatable bonds is 7. The van der Waals surface area contributed by atoms with E-state index in [0.29, 0.717) is 30.5 Å². The van der Waals surface area contributed by atoms with Crippen molar-refractivity contribution in [2.24, 2.45) is 5.92 Å². The molecule has 2 fully saturated rings. The number of likely N-dealkylation sites (N-methyl/N-ethyl adjacent to an activating group) is 1. The number of Topliss-reactive ketones (excluding diaryl/α,β-unsaturated/α-hetero) is 1. The first-order valence-electron chi connectivity index (χ1n) is 12.8. The zero-order valence-corrected chi connectivity index (χ0v) is 22.3. The van der Waals surface area contributed by atoms with E-state index in [-0.39, 0.29) is 42.0 Å². The monoisotopic (exact) mass is 504 g/mol. The number of likely N-dealkylation sites (tertiary alicyclic amines) is 2. The van der Waals surface area contributed by atoms with Crippen molar-refractivity contribution in [1.29, 1.82) is 0 Å². The summed E-state index contributed by atoms with van der Waals surface area (Å²) in [5.74, 6) is -0.628. The van der Waals surface area contributed by atoms with E-state index in [0.717, 1.165) is 5.69 Å². The number of fused-ring (bicyclic) bond motifs is 1. The smallest absolute Gasteiger partial charge is 0.254 e. The molecule has 0 aromatic heterocycles. The van der Waals surface area contributed by atoms with Crippen LogP contribution >= 0.6 is 0 Å². The number of amides is 3. The highest BCUT2D eigenvalue weighted by Crippen LogP contribution is 2.32. The van der Waals surface area contributed by atoms with Crippen molar-refractivity contribution < 1.29 is 19.2 Å². The zero-order valence-electron chi connectivity index (χ0n) is 22.3. The third-order valence-corrected chi connectivity index (χ3v) is 7.39. The molecule has 0 saturated carbocycles. The number of nitrogens with zero attached hydrogens (tertiary/aromatic N) is 4.